The van der Waals surface area contributed by atoms with Crippen molar-refractivity contribution in [3.63, 3.8) is 0 Å². The van der Waals surface area contributed by atoms with Gasteiger partial charge in [0.2, 0.25) is 11.7 Å². The van der Waals surface area contributed by atoms with E-state index in [0.29, 0.717) is 0 Å². The molecule has 2 aromatic rings. The topological polar surface area (TPSA) is 100 Å². The van der Waals surface area contributed by atoms with Crippen molar-refractivity contribution in [2.75, 3.05) is 14.2 Å². The molecule has 1 aromatic heterocycles. The van der Waals surface area contributed by atoms with Crippen LogP contribution >= 0.6 is 0 Å². The first-order valence-electron chi connectivity index (χ1n) is 5.59. The average Bonchev–Trinajstić information content (AvgIpc) is 2.94. The van der Waals surface area contributed by atoms with E-state index in [4.69, 9.17) is 15.0 Å². The van der Waals surface area contributed by atoms with E-state index in [2.05, 4.69) is 14.9 Å². The molecule has 7 nitrogen and oxygen atoms in total. The molecule has 8 heteroatoms. The van der Waals surface area contributed by atoms with Gasteiger partial charge in [0.25, 0.3) is 0 Å². The van der Waals surface area contributed by atoms with Crippen molar-refractivity contribution in [2.24, 2.45) is 5.73 Å². The predicted molar refractivity (Wildman–Crippen MR) is 65.5 cm³/mol. The number of nitrogens with two attached hydrogens (primary N) is 1. The molecule has 2 N–H and O–H groups in total. The first-order chi connectivity index (χ1) is 9.60. The summed E-state index contributed by atoms with van der Waals surface area (Å²) < 4.78 is 28.2. The van der Waals surface area contributed by atoms with Gasteiger partial charge in [-0.1, -0.05) is 5.16 Å². The molecule has 1 heterocycles. The van der Waals surface area contributed by atoms with Gasteiger partial charge in [-0.05, 0) is 12.1 Å². The number of rotatable bonds is 4. The third kappa shape index (κ3) is 2.45. The Kier molecular flexibility index (Phi) is 3.94. The van der Waals surface area contributed by atoms with Gasteiger partial charge in [-0.25, -0.2) is 9.18 Å². The highest BCUT2D eigenvalue weighted by Crippen LogP contribution is 2.29. The number of hydrogen-bond acceptors (Lipinski definition) is 7. The molecule has 0 aliphatic rings. The van der Waals surface area contributed by atoms with Crippen LogP contribution < -0.4 is 10.5 Å². The number of carbonyl (C=O) groups is 1. The van der Waals surface area contributed by atoms with E-state index in [1.807, 2.05) is 0 Å². The fraction of sp³-hybridized carbons (Fsp3) is 0.250. The van der Waals surface area contributed by atoms with Gasteiger partial charge >= 0.3 is 5.97 Å². The second-order valence-electron chi connectivity index (χ2n) is 3.75. The molecule has 0 fully saturated rings. The maximum absolute atomic E-state index is 13.9. The van der Waals surface area contributed by atoms with Crippen LogP contribution in [0.15, 0.2) is 16.7 Å². The summed E-state index contributed by atoms with van der Waals surface area (Å²) in [6, 6.07) is 2.50. The number of benzene rings is 1. The van der Waals surface area contributed by atoms with Crippen LogP contribution in [0.2, 0.25) is 0 Å². The molecule has 1 aromatic carbocycles. The highest BCUT2D eigenvalue weighted by atomic mass is 19.1. The lowest BCUT2D eigenvalue weighted by Gasteiger charge is -2.09. The molecular formula is C12H12FN3O4. The lowest BCUT2D eigenvalue weighted by molar-refractivity contribution is 0.0596. The van der Waals surface area contributed by atoms with E-state index in [-0.39, 0.29) is 35.1 Å². The summed E-state index contributed by atoms with van der Waals surface area (Å²) >= 11 is 0. The molecule has 0 aliphatic heterocycles. The van der Waals surface area contributed by atoms with E-state index in [9.17, 15) is 9.18 Å². The first kappa shape index (κ1) is 13.9. The summed E-state index contributed by atoms with van der Waals surface area (Å²) in [6.45, 7) is 0.0650. The van der Waals surface area contributed by atoms with Crippen LogP contribution in [0.5, 0.6) is 5.75 Å². The fourth-order valence-electron chi connectivity index (χ4n) is 1.65. The average molecular weight is 281 g/mol. The second kappa shape index (κ2) is 5.66. The Labute approximate surface area is 113 Å². The van der Waals surface area contributed by atoms with Crippen molar-refractivity contribution in [3.05, 3.63) is 29.4 Å². The third-order valence-electron chi connectivity index (χ3n) is 2.55. The second-order valence-corrected chi connectivity index (χ2v) is 3.75. The zero-order chi connectivity index (χ0) is 14.7. The van der Waals surface area contributed by atoms with Crippen LogP contribution in [0.25, 0.3) is 11.4 Å². The number of carbonyl (C=O) groups excluding carboxylic acids is 1. The lowest BCUT2D eigenvalue weighted by Crippen LogP contribution is -2.06. The number of methoxy groups -OCH3 is 2. The third-order valence-corrected chi connectivity index (χ3v) is 2.55. The van der Waals surface area contributed by atoms with Gasteiger partial charge in [0, 0.05) is 5.56 Å². The molecule has 0 aliphatic carbocycles. The number of aromatic nitrogens is 2. The van der Waals surface area contributed by atoms with Crippen LogP contribution in [-0.2, 0) is 11.3 Å². The van der Waals surface area contributed by atoms with E-state index >= 15 is 0 Å². The van der Waals surface area contributed by atoms with Crippen LogP contribution in [0.3, 0.4) is 0 Å². The summed E-state index contributed by atoms with van der Waals surface area (Å²) in [5.74, 6) is -1.34. The molecule has 0 spiro atoms. The maximum Gasteiger partial charge on any atom is 0.341 e. The SMILES string of the molecule is COC(=O)c1cc(-c2noc(CN)n2)cc(F)c1OC. The Morgan fingerprint density at radius 1 is 1.45 bits per heavy atom. The van der Waals surface area contributed by atoms with Crippen molar-refractivity contribution >= 4 is 5.97 Å². The van der Waals surface area contributed by atoms with E-state index in [1.54, 1.807) is 0 Å². The summed E-state index contributed by atoms with van der Waals surface area (Å²) in [6.07, 6.45) is 0. The Bertz CT molecular complexity index is 642. The molecule has 0 saturated carbocycles. The Morgan fingerprint density at radius 3 is 2.75 bits per heavy atom. The zero-order valence-electron chi connectivity index (χ0n) is 10.8. The predicted octanol–water partition coefficient (Wildman–Crippen LogP) is 1.13. The van der Waals surface area contributed by atoms with Crippen LogP contribution in [-0.4, -0.2) is 30.3 Å². The van der Waals surface area contributed by atoms with Crippen molar-refractivity contribution in [3.8, 4) is 17.1 Å². The first-order valence-corrected chi connectivity index (χ1v) is 5.59. The van der Waals surface area contributed by atoms with Crippen LogP contribution in [0.4, 0.5) is 4.39 Å². The van der Waals surface area contributed by atoms with E-state index < -0.39 is 11.8 Å². The molecular weight excluding hydrogens is 269 g/mol. The molecule has 106 valence electrons. The minimum absolute atomic E-state index is 0.0650. The highest BCUT2D eigenvalue weighted by molar-refractivity contribution is 5.94. The highest BCUT2D eigenvalue weighted by Gasteiger charge is 2.20. The van der Waals surface area contributed by atoms with Crippen molar-refractivity contribution in [1.29, 1.82) is 0 Å². The minimum Gasteiger partial charge on any atom is -0.493 e. The summed E-state index contributed by atoms with van der Waals surface area (Å²) in [5.41, 5.74) is 5.54. The monoisotopic (exact) mass is 281 g/mol. The van der Waals surface area contributed by atoms with Crippen molar-refractivity contribution in [2.45, 2.75) is 6.54 Å². The zero-order valence-corrected chi connectivity index (χ0v) is 10.8. The largest absolute Gasteiger partial charge is 0.493 e. The van der Waals surface area contributed by atoms with Crippen molar-refractivity contribution in [1.82, 2.24) is 10.1 Å². The smallest absolute Gasteiger partial charge is 0.341 e. The van der Waals surface area contributed by atoms with E-state index in [1.165, 1.54) is 20.3 Å². The molecule has 20 heavy (non-hydrogen) atoms. The summed E-state index contributed by atoms with van der Waals surface area (Å²) in [5, 5.41) is 3.65. The molecule has 2 rings (SSSR count). The molecule has 0 radical (unpaired) electrons. The normalized spacial score (nSPS) is 10.4. The quantitative estimate of drug-likeness (QED) is 0.838. The Morgan fingerprint density at radius 2 is 2.20 bits per heavy atom. The van der Waals surface area contributed by atoms with Gasteiger partial charge in [0.1, 0.15) is 5.56 Å². The van der Waals surface area contributed by atoms with Gasteiger partial charge < -0.3 is 19.7 Å². The number of hydrogen-bond donors (Lipinski definition) is 1. The van der Waals surface area contributed by atoms with Gasteiger partial charge in [-0.2, -0.15) is 4.98 Å². The Hall–Kier alpha value is -2.48. The van der Waals surface area contributed by atoms with Gasteiger partial charge in [-0.3, -0.25) is 0 Å². The molecule has 0 atom stereocenters. The van der Waals surface area contributed by atoms with Crippen molar-refractivity contribution < 1.29 is 23.2 Å². The molecule has 0 amide bonds. The number of nitrogens with zero attached hydrogens (tertiary/aromatic N) is 2. The fourth-order valence-corrected chi connectivity index (χ4v) is 1.65. The van der Waals surface area contributed by atoms with Gasteiger partial charge in [0.15, 0.2) is 11.6 Å². The minimum atomic E-state index is -0.732. The molecule has 0 unspecified atom stereocenters. The summed E-state index contributed by atoms with van der Waals surface area (Å²) in [7, 11) is 2.44. The standard InChI is InChI=1S/C12H12FN3O4/c1-18-10-7(12(17)19-2)3-6(4-8(10)13)11-15-9(5-14)20-16-11/h3-4H,5,14H2,1-2H3. The molecule has 0 saturated heterocycles. The number of esters is 1. The van der Waals surface area contributed by atoms with E-state index in [0.717, 1.165) is 6.07 Å². The van der Waals surface area contributed by atoms with Gasteiger partial charge in [-0.15, -0.1) is 0 Å². The number of ether oxygens (including phenoxy) is 2. The summed E-state index contributed by atoms with van der Waals surface area (Å²) in [4.78, 5) is 15.6. The van der Waals surface area contributed by atoms with Gasteiger partial charge in [0.05, 0.1) is 20.8 Å². The number of halogens is 1. The lowest BCUT2D eigenvalue weighted by atomic mass is 10.1. The molecule has 0 bridgehead atoms. The maximum atomic E-state index is 13.9. The van der Waals surface area contributed by atoms with Crippen LogP contribution in [0, 0.1) is 5.82 Å². The Balaban J connectivity index is 2.55. The van der Waals surface area contributed by atoms with Crippen LogP contribution in [0.1, 0.15) is 16.2 Å².